The van der Waals surface area contributed by atoms with Crippen LogP contribution in [0.25, 0.3) is 11.0 Å². The molecule has 0 unspecified atom stereocenters. The molecule has 1 aliphatic heterocycles. The van der Waals surface area contributed by atoms with E-state index in [-0.39, 0.29) is 0 Å². The van der Waals surface area contributed by atoms with Crippen molar-refractivity contribution in [2.24, 2.45) is 5.11 Å². The number of hydroxylamine groups is 1. The van der Waals surface area contributed by atoms with Gasteiger partial charge >= 0.3 is 0 Å². The summed E-state index contributed by atoms with van der Waals surface area (Å²) in [5.41, 5.74) is 3.02. The third-order valence-electron chi connectivity index (χ3n) is 2.28. The molecule has 0 saturated heterocycles. The lowest BCUT2D eigenvalue weighted by molar-refractivity contribution is -0.526. The van der Waals surface area contributed by atoms with Gasteiger partial charge < -0.3 is 5.21 Å². The summed E-state index contributed by atoms with van der Waals surface area (Å²) >= 11 is 0. The second-order valence-electron chi connectivity index (χ2n) is 3.12. The first-order valence-corrected chi connectivity index (χ1v) is 4.25. The van der Waals surface area contributed by atoms with E-state index in [0.717, 1.165) is 5.56 Å². The van der Waals surface area contributed by atoms with Crippen LogP contribution in [0, 0.1) is 5.21 Å². The number of hydrogen-bond donors (Lipinski definition) is 0. The van der Waals surface area contributed by atoms with Crippen molar-refractivity contribution in [3.05, 3.63) is 22.9 Å². The molecule has 2 heterocycles. The Hall–Kier alpha value is -1.98. The third-order valence-corrected chi connectivity index (χ3v) is 2.28. The molecule has 1 aromatic carbocycles. The second-order valence-corrected chi connectivity index (χ2v) is 3.12. The van der Waals surface area contributed by atoms with E-state index in [4.69, 9.17) is 0 Å². The Morgan fingerprint density at radius 2 is 2.29 bits per heavy atom. The predicted octanol–water partition coefficient (Wildman–Crippen LogP) is 1.37. The van der Waals surface area contributed by atoms with E-state index >= 15 is 0 Å². The van der Waals surface area contributed by atoms with Crippen molar-refractivity contribution in [2.45, 2.75) is 6.42 Å². The number of fused-ring (bicyclic) bond motifs is 3. The van der Waals surface area contributed by atoms with Gasteiger partial charge in [-0.25, -0.2) is 4.63 Å². The molecule has 6 heteroatoms. The number of rotatable bonds is 0. The van der Waals surface area contributed by atoms with Crippen molar-refractivity contribution in [3.8, 4) is 0 Å². The van der Waals surface area contributed by atoms with Crippen LogP contribution < -0.4 is 0 Å². The molecule has 0 aliphatic carbocycles. The highest BCUT2D eigenvalue weighted by Crippen LogP contribution is 2.29. The maximum Gasteiger partial charge on any atom is 0.185 e. The topological polar surface area (TPSA) is 77.4 Å². The Balaban J connectivity index is 2.36. The SMILES string of the molecule is [O-][N+]1=Nc2ccc3nonc3c2CC1. The molecular formula is C8H6N4O2. The standard InChI is InChI=1S/C8H6N4O2/c13-12-4-3-5-6(9-12)1-2-7-8(5)11-14-10-7/h1-2H,3-4H2. The molecule has 0 atom stereocenters. The number of aromatic nitrogens is 2. The molecule has 3 rings (SSSR count). The minimum absolute atomic E-state index is 0.360. The van der Waals surface area contributed by atoms with Gasteiger partial charge in [-0.05, 0) is 22.4 Å². The molecule has 6 nitrogen and oxygen atoms in total. The lowest BCUT2D eigenvalue weighted by Crippen LogP contribution is -2.10. The van der Waals surface area contributed by atoms with Crippen molar-refractivity contribution >= 4 is 16.7 Å². The summed E-state index contributed by atoms with van der Waals surface area (Å²) in [5.74, 6) is 0. The van der Waals surface area contributed by atoms with Gasteiger partial charge in [0.1, 0.15) is 16.7 Å². The Morgan fingerprint density at radius 1 is 1.36 bits per heavy atom. The average Bonchev–Trinajstić information content (AvgIpc) is 2.65. The summed E-state index contributed by atoms with van der Waals surface area (Å²) in [7, 11) is 0. The summed E-state index contributed by atoms with van der Waals surface area (Å²) in [4.78, 5) is 0.682. The molecule has 0 fully saturated rings. The molecule has 1 aromatic heterocycles. The van der Waals surface area contributed by atoms with E-state index in [0.29, 0.717) is 34.5 Å². The molecule has 0 saturated carbocycles. The number of benzene rings is 1. The minimum atomic E-state index is 0.360. The van der Waals surface area contributed by atoms with Crippen LogP contribution in [-0.4, -0.2) is 21.7 Å². The fourth-order valence-corrected chi connectivity index (χ4v) is 1.61. The van der Waals surface area contributed by atoms with Crippen molar-refractivity contribution in [1.82, 2.24) is 10.3 Å². The van der Waals surface area contributed by atoms with Gasteiger partial charge in [0, 0.05) is 17.1 Å². The molecule has 2 aromatic rings. The van der Waals surface area contributed by atoms with Gasteiger partial charge in [0.05, 0.1) is 0 Å². The summed E-state index contributed by atoms with van der Waals surface area (Å²) in [5, 5.41) is 22.4. The lowest BCUT2D eigenvalue weighted by atomic mass is 10.1. The van der Waals surface area contributed by atoms with Crippen molar-refractivity contribution in [1.29, 1.82) is 0 Å². The molecule has 0 radical (unpaired) electrons. The normalized spacial score (nSPS) is 15.3. The molecule has 1 aliphatic rings. The van der Waals surface area contributed by atoms with E-state index in [1.807, 2.05) is 0 Å². The molecule has 14 heavy (non-hydrogen) atoms. The van der Waals surface area contributed by atoms with E-state index in [1.165, 1.54) is 0 Å². The van der Waals surface area contributed by atoms with Crippen LogP contribution in [-0.2, 0) is 6.42 Å². The lowest BCUT2D eigenvalue weighted by Gasteiger charge is -2.09. The molecular weight excluding hydrogens is 184 g/mol. The van der Waals surface area contributed by atoms with Crippen molar-refractivity contribution in [2.75, 3.05) is 6.54 Å². The highest BCUT2D eigenvalue weighted by Gasteiger charge is 2.19. The average molecular weight is 190 g/mol. The zero-order valence-electron chi connectivity index (χ0n) is 7.17. The quantitative estimate of drug-likeness (QED) is 0.464. The minimum Gasteiger partial charge on any atom is -0.600 e. The van der Waals surface area contributed by atoms with Crippen molar-refractivity contribution < 1.29 is 9.49 Å². The number of hydrogen-bond acceptors (Lipinski definition) is 5. The largest absolute Gasteiger partial charge is 0.600 e. The summed E-state index contributed by atoms with van der Waals surface area (Å²) in [6.07, 6.45) is 0.633. The fraction of sp³-hybridized carbons (Fsp3) is 0.250. The smallest absolute Gasteiger partial charge is 0.185 e. The zero-order valence-corrected chi connectivity index (χ0v) is 7.17. The van der Waals surface area contributed by atoms with Gasteiger partial charge in [0.15, 0.2) is 6.54 Å². The van der Waals surface area contributed by atoms with Crippen LogP contribution in [0.3, 0.4) is 0 Å². The monoisotopic (exact) mass is 190 g/mol. The molecule has 0 spiro atoms. The molecule has 70 valence electrons. The first-order valence-electron chi connectivity index (χ1n) is 4.25. The van der Waals surface area contributed by atoms with Crippen LogP contribution in [0.2, 0.25) is 0 Å². The zero-order chi connectivity index (χ0) is 9.54. The summed E-state index contributed by atoms with van der Waals surface area (Å²) in [6, 6.07) is 3.50. The van der Waals surface area contributed by atoms with Crippen LogP contribution in [0.4, 0.5) is 5.69 Å². The van der Waals surface area contributed by atoms with Gasteiger partial charge in [-0.3, -0.25) is 0 Å². The van der Waals surface area contributed by atoms with E-state index in [2.05, 4.69) is 20.1 Å². The number of azo groups is 1. The highest BCUT2D eigenvalue weighted by atomic mass is 16.6. The second kappa shape index (κ2) is 2.50. The molecule has 0 bridgehead atoms. The van der Waals surface area contributed by atoms with Crippen LogP contribution in [0.5, 0.6) is 0 Å². The van der Waals surface area contributed by atoms with E-state index in [9.17, 15) is 5.21 Å². The van der Waals surface area contributed by atoms with Crippen LogP contribution in [0.1, 0.15) is 5.56 Å². The highest BCUT2D eigenvalue weighted by molar-refractivity contribution is 5.82. The Kier molecular flexibility index (Phi) is 1.33. The maximum absolute atomic E-state index is 11.0. The first-order chi connectivity index (χ1) is 6.84. The maximum atomic E-state index is 11.0. The van der Waals surface area contributed by atoms with Crippen LogP contribution in [0.15, 0.2) is 21.9 Å². The van der Waals surface area contributed by atoms with Gasteiger partial charge in [0.2, 0.25) is 0 Å². The van der Waals surface area contributed by atoms with Crippen LogP contribution >= 0.6 is 0 Å². The predicted molar refractivity (Wildman–Crippen MR) is 46.1 cm³/mol. The van der Waals surface area contributed by atoms with Gasteiger partial charge in [0.25, 0.3) is 0 Å². The number of nitrogens with zero attached hydrogens (tertiary/aromatic N) is 4. The Bertz CT molecular complexity index is 531. The van der Waals surface area contributed by atoms with Gasteiger partial charge in [-0.15, -0.1) is 0 Å². The molecule has 0 amide bonds. The van der Waals surface area contributed by atoms with E-state index < -0.39 is 0 Å². The first kappa shape index (κ1) is 7.43. The summed E-state index contributed by atoms with van der Waals surface area (Å²) < 4.78 is 4.62. The van der Waals surface area contributed by atoms with Gasteiger partial charge in [-0.1, -0.05) is 4.86 Å². The fourth-order valence-electron chi connectivity index (χ4n) is 1.61. The van der Waals surface area contributed by atoms with E-state index in [1.54, 1.807) is 12.1 Å². The van der Waals surface area contributed by atoms with Gasteiger partial charge in [-0.2, -0.15) is 0 Å². The Morgan fingerprint density at radius 3 is 3.21 bits per heavy atom. The van der Waals surface area contributed by atoms with Crippen molar-refractivity contribution in [3.63, 3.8) is 0 Å². The third kappa shape index (κ3) is 0.905. The Labute approximate surface area is 78.4 Å². The molecule has 0 N–H and O–H groups in total. The summed E-state index contributed by atoms with van der Waals surface area (Å²) in [6.45, 7) is 0.360.